The molecule has 1 aromatic carbocycles. The lowest BCUT2D eigenvalue weighted by Crippen LogP contribution is -2.37. The number of carbonyl (C=O) groups is 1. The smallest absolute Gasteiger partial charge is 0.387 e. The Kier molecular flexibility index (Phi) is 5.78. The Morgan fingerprint density at radius 1 is 1.42 bits per heavy atom. The molecule has 0 bridgehead atoms. The lowest BCUT2D eigenvalue weighted by molar-refractivity contribution is -0.121. The molecule has 6 heteroatoms. The molecule has 0 saturated carbocycles. The number of anilines is 1. The molecule has 0 fully saturated rings. The maximum absolute atomic E-state index is 12.0. The van der Waals surface area contributed by atoms with Crippen LogP contribution in [0.2, 0.25) is 0 Å². The average Bonchev–Trinajstić information content (AvgIpc) is 2.37. The highest BCUT2D eigenvalue weighted by Crippen LogP contribution is 2.18. The summed E-state index contributed by atoms with van der Waals surface area (Å²) in [4.78, 5) is 11.6. The van der Waals surface area contributed by atoms with Crippen molar-refractivity contribution in [1.29, 1.82) is 0 Å². The third kappa shape index (κ3) is 5.37. The Balaban J connectivity index is 2.52. The second-order valence-corrected chi connectivity index (χ2v) is 3.80. The second-order valence-electron chi connectivity index (χ2n) is 3.80. The standard InChI is InChI=1S/C13H16F2N2O2/c1-3-8-16-12(18)9(2)17-10-4-6-11(7-5-10)19-13(14)15/h3-7,9,13,17H,1,8H2,2H3,(H,16,18). The molecule has 0 saturated heterocycles. The van der Waals surface area contributed by atoms with Crippen LogP contribution in [0.25, 0.3) is 0 Å². The summed E-state index contributed by atoms with van der Waals surface area (Å²) in [5.74, 6) is -0.0999. The van der Waals surface area contributed by atoms with Crippen molar-refractivity contribution in [1.82, 2.24) is 5.32 Å². The van der Waals surface area contributed by atoms with Crippen LogP contribution in [-0.2, 0) is 4.79 Å². The van der Waals surface area contributed by atoms with E-state index in [0.29, 0.717) is 12.2 Å². The average molecular weight is 270 g/mol. The SMILES string of the molecule is C=CCNC(=O)C(C)Nc1ccc(OC(F)F)cc1. The van der Waals surface area contributed by atoms with Gasteiger partial charge in [-0.25, -0.2) is 0 Å². The second kappa shape index (κ2) is 7.35. The first kappa shape index (κ1) is 14.9. The van der Waals surface area contributed by atoms with Crippen LogP contribution >= 0.6 is 0 Å². The number of carbonyl (C=O) groups excluding carboxylic acids is 1. The van der Waals surface area contributed by atoms with Gasteiger partial charge in [0.15, 0.2) is 0 Å². The largest absolute Gasteiger partial charge is 0.435 e. The third-order valence-corrected chi connectivity index (χ3v) is 2.28. The molecule has 0 aliphatic rings. The number of benzene rings is 1. The molecule has 4 nitrogen and oxygen atoms in total. The van der Waals surface area contributed by atoms with Crippen LogP contribution in [-0.4, -0.2) is 25.1 Å². The third-order valence-electron chi connectivity index (χ3n) is 2.28. The molecule has 0 spiro atoms. The van der Waals surface area contributed by atoms with E-state index in [9.17, 15) is 13.6 Å². The van der Waals surface area contributed by atoms with Gasteiger partial charge in [0.2, 0.25) is 5.91 Å². The Morgan fingerprint density at radius 3 is 2.58 bits per heavy atom. The number of halogens is 2. The molecule has 1 atom stereocenters. The zero-order valence-corrected chi connectivity index (χ0v) is 10.5. The van der Waals surface area contributed by atoms with Gasteiger partial charge in [-0.3, -0.25) is 4.79 Å². The Labute approximate surface area is 110 Å². The quantitative estimate of drug-likeness (QED) is 0.748. The molecule has 1 rings (SSSR count). The predicted molar refractivity (Wildman–Crippen MR) is 69.4 cm³/mol. The van der Waals surface area contributed by atoms with Crippen LogP contribution in [0.5, 0.6) is 5.75 Å². The first-order valence-electron chi connectivity index (χ1n) is 5.73. The van der Waals surface area contributed by atoms with Crippen LogP contribution in [0.1, 0.15) is 6.92 Å². The summed E-state index contributed by atoms with van der Waals surface area (Å²) in [7, 11) is 0. The number of amides is 1. The molecule has 0 aromatic heterocycles. The molecule has 19 heavy (non-hydrogen) atoms. The van der Waals surface area contributed by atoms with Crippen LogP contribution in [0.3, 0.4) is 0 Å². The fraction of sp³-hybridized carbons (Fsp3) is 0.308. The van der Waals surface area contributed by atoms with E-state index in [0.717, 1.165) is 0 Å². The summed E-state index contributed by atoms with van der Waals surface area (Å²) < 4.78 is 28.1. The van der Waals surface area contributed by atoms with Crippen LogP contribution in [0.15, 0.2) is 36.9 Å². The van der Waals surface area contributed by atoms with Gasteiger partial charge in [0.1, 0.15) is 11.8 Å². The van der Waals surface area contributed by atoms with Gasteiger partial charge >= 0.3 is 6.61 Å². The maximum Gasteiger partial charge on any atom is 0.387 e. The van der Waals surface area contributed by atoms with Gasteiger partial charge < -0.3 is 15.4 Å². The highest BCUT2D eigenvalue weighted by atomic mass is 19.3. The van der Waals surface area contributed by atoms with Gasteiger partial charge in [-0.05, 0) is 31.2 Å². The van der Waals surface area contributed by atoms with Crippen molar-refractivity contribution in [2.24, 2.45) is 0 Å². The number of ether oxygens (including phenoxy) is 1. The van der Waals surface area contributed by atoms with Crippen molar-refractivity contribution in [3.8, 4) is 5.75 Å². The van der Waals surface area contributed by atoms with Gasteiger partial charge in [-0.1, -0.05) is 6.08 Å². The van der Waals surface area contributed by atoms with Crippen molar-refractivity contribution in [2.75, 3.05) is 11.9 Å². The highest BCUT2D eigenvalue weighted by molar-refractivity contribution is 5.84. The van der Waals surface area contributed by atoms with E-state index in [1.54, 1.807) is 25.1 Å². The first-order valence-corrected chi connectivity index (χ1v) is 5.73. The van der Waals surface area contributed by atoms with E-state index in [1.807, 2.05) is 0 Å². The van der Waals surface area contributed by atoms with Gasteiger partial charge in [0.25, 0.3) is 0 Å². The highest BCUT2D eigenvalue weighted by Gasteiger charge is 2.11. The molecule has 0 aliphatic carbocycles. The summed E-state index contributed by atoms with van der Waals surface area (Å²) in [6.45, 7) is 2.75. The first-order chi connectivity index (χ1) is 9.02. The molecule has 0 heterocycles. The van der Waals surface area contributed by atoms with E-state index in [4.69, 9.17) is 0 Å². The summed E-state index contributed by atoms with van der Waals surface area (Å²) in [5, 5.41) is 5.59. The summed E-state index contributed by atoms with van der Waals surface area (Å²) in [6, 6.07) is 5.50. The van der Waals surface area contributed by atoms with Crippen LogP contribution in [0.4, 0.5) is 14.5 Å². The van der Waals surface area contributed by atoms with Crippen LogP contribution in [0, 0.1) is 0 Å². The van der Waals surface area contributed by atoms with Gasteiger partial charge in [0.05, 0.1) is 0 Å². The minimum absolute atomic E-state index is 0.0734. The van der Waals surface area contributed by atoms with Gasteiger partial charge in [-0.15, -0.1) is 6.58 Å². The zero-order valence-electron chi connectivity index (χ0n) is 10.5. The molecule has 2 N–H and O–H groups in total. The molecule has 1 amide bonds. The number of alkyl halides is 2. The lowest BCUT2D eigenvalue weighted by Gasteiger charge is -2.15. The van der Waals surface area contributed by atoms with Gasteiger partial charge in [0, 0.05) is 12.2 Å². The molecule has 1 aromatic rings. The van der Waals surface area contributed by atoms with Crippen LogP contribution < -0.4 is 15.4 Å². The predicted octanol–water partition coefficient (Wildman–Crippen LogP) is 2.39. The minimum Gasteiger partial charge on any atom is -0.435 e. The Hall–Kier alpha value is -2.11. The molecule has 104 valence electrons. The molecule has 0 aliphatic heterocycles. The Bertz CT molecular complexity index is 421. The van der Waals surface area contributed by atoms with Crippen molar-refractivity contribution < 1.29 is 18.3 Å². The number of hydrogen-bond acceptors (Lipinski definition) is 3. The zero-order chi connectivity index (χ0) is 14.3. The minimum atomic E-state index is -2.84. The molecule has 0 radical (unpaired) electrons. The lowest BCUT2D eigenvalue weighted by atomic mass is 10.2. The van der Waals surface area contributed by atoms with E-state index >= 15 is 0 Å². The summed E-state index contributed by atoms with van der Waals surface area (Å²) in [5.41, 5.74) is 0.642. The van der Waals surface area contributed by atoms with E-state index < -0.39 is 12.7 Å². The van der Waals surface area contributed by atoms with E-state index in [2.05, 4.69) is 21.9 Å². The number of hydrogen-bond donors (Lipinski definition) is 2. The number of nitrogens with one attached hydrogen (secondary N) is 2. The van der Waals surface area contributed by atoms with E-state index in [1.165, 1.54) is 12.1 Å². The van der Waals surface area contributed by atoms with Gasteiger partial charge in [-0.2, -0.15) is 8.78 Å². The Morgan fingerprint density at radius 2 is 2.05 bits per heavy atom. The fourth-order valence-corrected chi connectivity index (χ4v) is 1.37. The maximum atomic E-state index is 12.0. The van der Waals surface area contributed by atoms with Crippen molar-refractivity contribution in [3.63, 3.8) is 0 Å². The summed E-state index contributed by atoms with van der Waals surface area (Å²) in [6.07, 6.45) is 1.58. The van der Waals surface area contributed by atoms with Crippen molar-refractivity contribution in [3.05, 3.63) is 36.9 Å². The normalized spacial score (nSPS) is 11.8. The van der Waals surface area contributed by atoms with Crippen molar-refractivity contribution in [2.45, 2.75) is 19.6 Å². The summed E-state index contributed by atoms with van der Waals surface area (Å²) >= 11 is 0. The number of rotatable bonds is 7. The molecular formula is C13H16F2N2O2. The van der Waals surface area contributed by atoms with Crippen molar-refractivity contribution >= 4 is 11.6 Å². The fourth-order valence-electron chi connectivity index (χ4n) is 1.37. The van der Waals surface area contributed by atoms with E-state index in [-0.39, 0.29) is 11.7 Å². The monoisotopic (exact) mass is 270 g/mol. The molecule has 1 unspecified atom stereocenters. The molecular weight excluding hydrogens is 254 g/mol. The topological polar surface area (TPSA) is 50.4 Å².